The van der Waals surface area contributed by atoms with Crippen LogP contribution in [0.2, 0.25) is 0 Å². The second kappa shape index (κ2) is 14.5. The van der Waals surface area contributed by atoms with E-state index < -0.39 is 54.5 Å². The number of unbranched alkanes of at least 4 members (excludes halogenated alkanes) is 1. The highest BCUT2D eigenvalue weighted by Gasteiger charge is 2.50. The number of rotatable bonds is 14. The predicted octanol–water partition coefficient (Wildman–Crippen LogP) is 9.74. The average Bonchev–Trinajstić information content (AvgIpc) is 3.93. The molecule has 0 bridgehead atoms. The fraction of sp³-hybridized carbons (Fsp3) is 0.657. The van der Waals surface area contributed by atoms with Crippen molar-refractivity contribution in [2.24, 2.45) is 29.6 Å². The Morgan fingerprint density at radius 1 is 1.05 bits per heavy atom. The Balaban J connectivity index is 1.32. The molecule has 0 spiro atoms. The first-order valence-electron chi connectivity index (χ1n) is 16.2. The highest BCUT2D eigenvalue weighted by Crippen LogP contribution is 2.55. The van der Waals surface area contributed by atoms with Crippen molar-refractivity contribution in [1.82, 2.24) is 0 Å². The molecule has 244 valence electrons. The van der Waals surface area contributed by atoms with Gasteiger partial charge in [0.25, 0.3) is 0 Å². The first-order valence-corrected chi connectivity index (χ1v) is 16.2. The van der Waals surface area contributed by atoms with Crippen molar-refractivity contribution in [3.8, 4) is 0 Å². The molecule has 1 saturated heterocycles. The summed E-state index contributed by atoms with van der Waals surface area (Å²) in [6.07, 6.45) is 6.27. The predicted molar refractivity (Wildman–Crippen MR) is 157 cm³/mol. The van der Waals surface area contributed by atoms with Crippen LogP contribution < -0.4 is 0 Å². The van der Waals surface area contributed by atoms with E-state index in [0.717, 1.165) is 61.3 Å². The van der Waals surface area contributed by atoms with E-state index in [2.05, 4.69) is 11.7 Å². The van der Waals surface area contributed by atoms with Crippen molar-refractivity contribution in [2.45, 2.75) is 96.4 Å². The van der Waals surface area contributed by atoms with Gasteiger partial charge in [-0.3, -0.25) is 0 Å². The van der Waals surface area contributed by atoms with Crippen molar-refractivity contribution in [3.63, 3.8) is 0 Å². The molecule has 4 atom stereocenters. The Bertz CT molecular complexity index is 1200. The molecule has 0 aromatic rings. The van der Waals surface area contributed by atoms with Crippen molar-refractivity contribution in [3.05, 3.63) is 70.4 Å². The minimum absolute atomic E-state index is 0.107. The molecule has 44 heavy (non-hydrogen) atoms. The zero-order valence-corrected chi connectivity index (χ0v) is 25.6. The fourth-order valence-electron chi connectivity index (χ4n) is 6.72. The Hall–Kier alpha value is -2.10. The molecule has 0 amide bonds. The summed E-state index contributed by atoms with van der Waals surface area (Å²) in [6.45, 7) is 3.92. The Morgan fingerprint density at radius 2 is 1.73 bits per heavy atom. The van der Waals surface area contributed by atoms with E-state index in [-0.39, 0.29) is 18.3 Å². The largest absolute Gasteiger partial charge is 0.383 e. The smallest absolute Gasteiger partial charge is 0.348 e. The molecule has 0 radical (unpaired) electrons. The number of hydrogen-bond donors (Lipinski definition) is 0. The monoisotopic (exact) mass is 626 g/mol. The third-order valence-electron chi connectivity index (χ3n) is 9.46. The highest BCUT2D eigenvalue weighted by atomic mass is 19.3. The second-order valence-corrected chi connectivity index (χ2v) is 12.9. The van der Waals surface area contributed by atoms with Gasteiger partial charge in [-0.25, -0.2) is 17.6 Å². The van der Waals surface area contributed by atoms with E-state index in [1.54, 1.807) is 0 Å². The van der Waals surface area contributed by atoms with Crippen molar-refractivity contribution < 1.29 is 40.6 Å². The summed E-state index contributed by atoms with van der Waals surface area (Å²) in [5, 5.41) is 0. The van der Waals surface area contributed by atoms with Gasteiger partial charge < -0.3 is 14.2 Å². The number of alkyl halides is 4. The summed E-state index contributed by atoms with van der Waals surface area (Å²) in [5.41, 5.74) is 2.02. The van der Waals surface area contributed by atoms with E-state index in [9.17, 15) is 13.2 Å². The molecular weight excluding hydrogens is 582 g/mol. The lowest BCUT2D eigenvalue weighted by atomic mass is 9.73. The summed E-state index contributed by atoms with van der Waals surface area (Å²) in [5.74, 6) is -2.48. The minimum Gasteiger partial charge on any atom is -0.348 e. The SMILES string of the molecule is C/C=C/[C@H](F)C(F)/C(F)=C\COC(F)(F)C1=C(F)C=C(C2=CC=C(C3OCC(CCCC)CO3)CC2C2CC2)CC1C1CC1. The minimum atomic E-state index is -4.03. The molecule has 1 aliphatic heterocycles. The van der Waals surface area contributed by atoms with E-state index >= 15 is 13.2 Å². The number of halogens is 6. The van der Waals surface area contributed by atoms with Crippen LogP contribution in [-0.2, 0) is 14.2 Å². The van der Waals surface area contributed by atoms with Crippen LogP contribution in [0.3, 0.4) is 0 Å². The lowest BCUT2D eigenvalue weighted by Gasteiger charge is -2.36. The molecule has 3 nitrogen and oxygen atoms in total. The maximum absolute atomic E-state index is 15.7. The molecule has 1 heterocycles. The molecule has 5 rings (SSSR count). The number of hydrogen-bond acceptors (Lipinski definition) is 3. The molecule has 0 aromatic heterocycles. The molecule has 9 heteroatoms. The Labute approximate surface area is 256 Å². The number of allylic oxidation sites excluding steroid dienone is 9. The lowest BCUT2D eigenvalue weighted by molar-refractivity contribution is -0.208. The van der Waals surface area contributed by atoms with Gasteiger partial charge in [0.15, 0.2) is 18.6 Å². The third kappa shape index (κ3) is 8.00. The second-order valence-electron chi connectivity index (χ2n) is 12.9. The highest BCUT2D eigenvalue weighted by molar-refractivity contribution is 5.48. The quantitative estimate of drug-likeness (QED) is 0.142. The maximum Gasteiger partial charge on any atom is 0.383 e. The zero-order chi connectivity index (χ0) is 31.4. The van der Waals surface area contributed by atoms with Crippen LogP contribution in [0, 0.1) is 29.6 Å². The molecule has 0 N–H and O–H groups in total. The topological polar surface area (TPSA) is 27.7 Å². The summed E-state index contributed by atoms with van der Waals surface area (Å²) in [6, 6.07) is 0. The van der Waals surface area contributed by atoms with Crippen LogP contribution in [0.5, 0.6) is 0 Å². The van der Waals surface area contributed by atoms with Crippen LogP contribution in [0.4, 0.5) is 26.3 Å². The van der Waals surface area contributed by atoms with Gasteiger partial charge in [-0.2, -0.15) is 8.78 Å². The third-order valence-corrected chi connectivity index (χ3v) is 9.46. The summed E-state index contributed by atoms with van der Waals surface area (Å²) < 4.78 is 105. The first kappa shape index (κ1) is 33.3. The van der Waals surface area contributed by atoms with Crippen LogP contribution in [-0.4, -0.2) is 44.6 Å². The van der Waals surface area contributed by atoms with Crippen molar-refractivity contribution in [2.75, 3.05) is 19.8 Å². The normalized spacial score (nSPS) is 30.3. The molecule has 3 fully saturated rings. The summed E-state index contributed by atoms with van der Waals surface area (Å²) in [7, 11) is 0. The van der Waals surface area contributed by atoms with Crippen molar-refractivity contribution in [1.29, 1.82) is 0 Å². The van der Waals surface area contributed by atoms with E-state index in [0.29, 0.717) is 44.0 Å². The fourth-order valence-corrected chi connectivity index (χ4v) is 6.72. The van der Waals surface area contributed by atoms with Crippen molar-refractivity contribution >= 4 is 0 Å². The first-order chi connectivity index (χ1) is 21.1. The van der Waals surface area contributed by atoms with E-state index in [4.69, 9.17) is 9.47 Å². The maximum atomic E-state index is 15.7. The van der Waals surface area contributed by atoms with Gasteiger partial charge in [0.05, 0.1) is 25.4 Å². The van der Waals surface area contributed by atoms with Crippen LogP contribution in [0.1, 0.15) is 71.6 Å². The van der Waals surface area contributed by atoms with Crippen LogP contribution >= 0.6 is 0 Å². The van der Waals surface area contributed by atoms with Crippen LogP contribution in [0.25, 0.3) is 0 Å². The van der Waals surface area contributed by atoms with E-state index in [1.807, 2.05) is 12.2 Å². The van der Waals surface area contributed by atoms with Gasteiger partial charge in [-0.1, -0.05) is 44.1 Å². The van der Waals surface area contributed by atoms with Gasteiger partial charge in [-0.05, 0) is 104 Å². The average molecular weight is 627 g/mol. The molecule has 4 aliphatic carbocycles. The van der Waals surface area contributed by atoms with Gasteiger partial charge >= 0.3 is 6.11 Å². The molecule has 2 saturated carbocycles. The Kier molecular flexibility index (Phi) is 11.0. The molecule has 5 aliphatic rings. The molecular formula is C35H44F6O3. The molecule has 3 unspecified atom stereocenters. The Morgan fingerprint density at radius 3 is 2.36 bits per heavy atom. The molecule has 0 aromatic carbocycles. The van der Waals surface area contributed by atoms with Gasteiger partial charge in [0.1, 0.15) is 11.7 Å². The lowest BCUT2D eigenvalue weighted by Crippen LogP contribution is -2.35. The number of ether oxygens (including phenoxy) is 3. The van der Waals surface area contributed by atoms with Crippen LogP contribution in [0.15, 0.2) is 70.4 Å². The summed E-state index contributed by atoms with van der Waals surface area (Å²) in [4.78, 5) is 0. The van der Waals surface area contributed by atoms with E-state index in [1.165, 1.54) is 19.1 Å². The van der Waals surface area contributed by atoms with Gasteiger partial charge in [0.2, 0.25) is 0 Å². The zero-order valence-electron chi connectivity index (χ0n) is 25.6. The van der Waals surface area contributed by atoms with Gasteiger partial charge in [0, 0.05) is 5.92 Å². The summed E-state index contributed by atoms with van der Waals surface area (Å²) >= 11 is 0. The van der Waals surface area contributed by atoms with Gasteiger partial charge in [-0.15, -0.1) is 0 Å². The standard InChI is InChI=1S/C35H44F6O3/c1-3-5-7-21-19-42-34(43-20-21)24-12-13-26(27(16-24)22-8-9-22)25-17-28(23-10-11-23)32(31(38)18-25)35(40,41)44-15-14-30(37)33(39)29(36)6-4-2/h4,6,12-14,18,21-23,27-29,33-34H,3,5,7-11,15-17,19-20H2,1-2H3/b6-4+,30-14+/t21?,27?,28?,29-,33?,34?/m0/s1.